The van der Waals surface area contributed by atoms with Gasteiger partial charge in [0.05, 0.1) is 17.9 Å². The molecule has 19 heavy (non-hydrogen) atoms. The van der Waals surface area contributed by atoms with E-state index in [9.17, 15) is 4.79 Å². The van der Waals surface area contributed by atoms with Crippen molar-refractivity contribution in [1.29, 1.82) is 0 Å². The first kappa shape index (κ1) is 12.4. The van der Waals surface area contributed by atoms with Crippen molar-refractivity contribution in [3.63, 3.8) is 0 Å². The lowest BCUT2D eigenvalue weighted by atomic mass is 10.2. The van der Waals surface area contributed by atoms with Crippen LogP contribution in [-0.4, -0.2) is 35.6 Å². The number of carbonyl (C=O) groups is 1. The summed E-state index contributed by atoms with van der Waals surface area (Å²) < 4.78 is 4.98. The van der Waals surface area contributed by atoms with Crippen LogP contribution in [0, 0.1) is 24.7 Å². The molecule has 0 N–H and O–H groups in total. The molecule has 0 radical (unpaired) electrons. The highest BCUT2D eigenvalue weighted by atomic mass is 16.5. The largest absolute Gasteiger partial charge is 0.462 e. The van der Waals surface area contributed by atoms with E-state index in [1.54, 1.807) is 13.1 Å². The zero-order chi connectivity index (χ0) is 13.6. The fourth-order valence-corrected chi connectivity index (χ4v) is 3.00. The molecular formula is C14H19N3O2. The molecule has 5 nitrogen and oxygen atoms in total. The van der Waals surface area contributed by atoms with Crippen LogP contribution in [0.2, 0.25) is 0 Å². The zero-order valence-corrected chi connectivity index (χ0v) is 11.6. The summed E-state index contributed by atoms with van der Waals surface area (Å²) in [6, 6.07) is 0. The molecule has 5 heteroatoms. The summed E-state index contributed by atoms with van der Waals surface area (Å²) in [5.41, 5.74) is 1.15. The summed E-state index contributed by atoms with van der Waals surface area (Å²) in [6.45, 7) is 8.39. The number of aromatic nitrogens is 2. The molecule has 2 fully saturated rings. The number of fused-ring (bicyclic) bond motifs is 1. The van der Waals surface area contributed by atoms with Crippen LogP contribution in [0.3, 0.4) is 0 Å². The van der Waals surface area contributed by atoms with Gasteiger partial charge in [-0.3, -0.25) is 0 Å². The van der Waals surface area contributed by atoms with E-state index in [1.165, 1.54) is 0 Å². The summed E-state index contributed by atoms with van der Waals surface area (Å²) in [5.74, 6) is 2.88. The number of carbonyl (C=O) groups excluding carboxylic acids is 1. The molecule has 3 atom stereocenters. The van der Waals surface area contributed by atoms with Crippen molar-refractivity contribution in [1.82, 2.24) is 9.97 Å². The fourth-order valence-electron chi connectivity index (χ4n) is 3.00. The van der Waals surface area contributed by atoms with Gasteiger partial charge < -0.3 is 9.64 Å². The number of aryl methyl sites for hydroxylation is 1. The molecule has 0 spiro atoms. The molecule has 102 valence electrons. The van der Waals surface area contributed by atoms with Crippen LogP contribution in [0.4, 0.5) is 5.95 Å². The van der Waals surface area contributed by atoms with Gasteiger partial charge in [0.1, 0.15) is 0 Å². The summed E-state index contributed by atoms with van der Waals surface area (Å²) in [5, 5.41) is 0. The molecule has 1 aliphatic heterocycles. The SMILES string of the molecule is CCOC(=O)c1cnc(N2CC3C(C)[C@H]3C2)nc1C. The van der Waals surface area contributed by atoms with E-state index in [0.29, 0.717) is 17.9 Å². The standard InChI is InChI=1S/C14H19N3O2/c1-4-19-13(18)10-5-15-14(16-9(10)3)17-6-11-8(2)12(11)7-17/h5,8,11-12H,4,6-7H2,1-3H3/t8?,11-,12?/m1/s1. The Morgan fingerprint density at radius 3 is 2.74 bits per heavy atom. The molecule has 1 aliphatic carbocycles. The number of anilines is 1. The second-order valence-corrected chi connectivity index (χ2v) is 5.48. The van der Waals surface area contributed by atoms with E-state index in [1.807, 2.05) is 6.92 Å². The number of piperidine rings is 1. The number of esters is 1. The van der Waals surface area contributed by atoms with Gasteiger partial charge in [-0.2, -0.15) is 0 Å². The predicted octanol–water partition coefficient (Wildman–Crippen LogP) is 1.66. The highest BCUT2D eigenvalue weighted by Gasteiger charge is 2.53. The molecular weight excluding hydrogens is 242 g/mol. The highest BCUT2D eigenvalue weighted by molar-refractivity contribution is 5.90. The Labute approximate surface area is 113 Å². The minimum atomic E-state index is -0.343. The fraction of sp³-hybridized carbons (Fsp3) is 0.643. The first-order valence-electron chi connectivity index (χ1n) is 6.87. The van der Waals surface area contributed by atoms with E-state index in [4.69, 9.17) is 4.74 Å². The third-order valence-corrected chi connectivity index (χ3v) is 4.37. The van der Waals surface area contributed by atoms with Crippen LogP contribution < -0.4 is 4.90 Å². The Kier molecular flexibility index (Phi) is 2.92. The average molecular weight is 261 g/mol. The smallest absolute Gasteiger partial charge is 0.341 e. The van der Waals surface area contributed by atoms with E-state index in [2.05, 4.69) is 21.8 Å². The van der Waals surface area contributed by atoms with Crippen molar-refractivity contribution in [3.8, 4) is 0 Å². The molecule has 0 aromatic carbocycles. The maximum Gasteiger partial charge on any atom is 0.341 e. The van der Waals surface area contributed by atoms with Crippen molar-refractivity contribution >= 4 is 11.9 Å². The second-order valence-electron chi connectivity index (χ2n) is 5.48. The maximum atomic E-state index is 11.7. The van der Waals surface area contributed by atoms with Crippen LogP contribution >= 0.6 is 0 Å². The molecule has 1 saturated heterocycles. The van der Waals surface area contributed by atoms with Crippen molar-refractivity contribution in [3.05, 3.63) is 17.5 Å². The van der Waals surface area contributed by atoms with Gasteiger partial charge in [0, 0.05) is 19.3 Å². The lowest BCUT2D eigenvalue weighted by Crippen LogP contribution is -2.26. The molecule has 1 aromatic heterocycles. The van der Waals surface area contributed by atoms with Crippen molar-refractivity contribution < 1.29 is 9.53 Å². The van der Waals surface area contributed by atoms with Gasteiger partial charge in [0.2, 0.25) is 5.95 Å². The van der Waals surface area contributed by atoms with Gasteiger partial charge in [0.25, 0.3) is 0 Å². The Morgan fingerprint density at radius 1 is 1.47 bits per heavy atom. The van der Waals surface area contributed by atoms with Gasteiger partial charge in [-0.05, 0) is 31.6 Å². The predicted molar refractivity (Wildman–Crippen MR) is 71.1 cm³/mol. The van der Waals surface area contributed by atoms with Gasteiger partial charge in [0.15, 0.2) is 0 Å². The lowest BCUT2D eigenvalue weighted by molar-refractivity contribution is 0.0524. The topological polar surface area (TPSA) is 55.3 Å². The Morgan fingerprint density at radius 2 is 2.16 bits per heavy atom. The Balaban J connectivity index is 1.75. The summed E-state index contributed by atoms with van der Waals surface area (Å²) in [6.07, 6.45) is 1.59. The third-order valence-electron chi connectivity index (χ3n) is 4.37. The van der Waals surface area contributed by atoms with E-state index in [0.717, 1.165) is 36.8 Å². The Hall–Kier alpha value is -1.65. The van der Waals surface area contributed by atoms with E-state index >= 15 is 0 Å². The van der Waals surface area contributed by atoms with Crippen LogP contribution in [0.1, 0.15) is 29.9 Å². The molecule has 1 aromatic rings. The zero-order valence-electron chi connectivity index (χ0n) is 11.6. The van der Waals surface area contributed by atoms with Crippen molar-refractivity contribution in [2.24, 2.45) is 17.8 Å². The minimum Gasteiger partial charge on any atom is -0.462 e. The first-order chi connectivity index (χ1) is 9.11. The molecule has 0 amide bonds. The molecule has 2 unspecified atom stereocenters. The first-order valence-corrected chi connectivity index (χ1v) is 6.87. The van der Waals surface area contributed by atoms with Gasteiger partial charge in [-0.15, -0.1) is 0 Å². The van der Waals surface area contributed by atoms with Gasteiger partial charge in [-0.1, -0.05) is 6.92 Å². The number of nitrogens with zero attached hydrogens (tertiary/aromatic N) is 3. The highest BCUT2D eigenvalue weighted by Crippen LogP contribution is 2.51. The monoisotopic (exact) mass is 261 g/mol. The van der Waals surface area contributed by atoms with Crippen molar-refractivity contribution in [2.45, 2.75) is 20.8 Å². The molecule has 1 saturated carbocycles. The number of rotatable bonds is 3. The lowest BCUT2D eigenvalue weighted by Gasteiger charge is -2.19. The van der Waals surface area contributed by atoms with Crippen LogP contribution in [0.5, 0.6) is 0 Å². The molecule has 2 heterocycles. The normalized spacial score (nSPS) is 28.2. The van der Waals surface area contributed by atoms with Crippen LogP contribution in [-0.2, 0) is 4.74 Å². The molecule has 3 rings (SSSR count). The van der Waals surface area contributed by atoms with E-state index in [-0.39, 0.29) is 5.97 Å². The summed E-state index contributed by atoms with van der Waals surface area (Å²) in [4.78, 5) is 22.7. The average Bonchev–Trinajstić information content (AvgIpc) is 2.82. The third kappa shape index (κ3) is 2.07. The van der Waals surface area contributed by atoms with Crippen molar-refractivity contribution in [2.75, 3.05) is 24.6 Å². The number of hydrogen-bond acceptors (Lipinski definition) is 5. The van der Waals surface area contributed by atoms with Crippen LogP contribution in [0.15, 0.2) is 6.20 Å². The Bertz CT molecular complexity index is 505. The van der Waals surface area contributed by atoms with Crippen LogP contribution in [0.25, 0.3) is 0 Å². The number of ether oxygens (including phenoxy) is 1. The second kappa shape index (κ2) is 4.47. The molecule has 0 bridgehead atoms. The van der Waals surface area contributed by atoms with E-state index < -0.39 is 0 Å². The number of hydrogen-bond donors (Lipinski definition) is 0. The minimum absolute atomic E-state index is 0.343. The molecule has 2 aliphatic rings. The van der Waals surface area contributed by atoms with Gasteiger partial charge >= 0.3 is 5.97 Å². The maximum absolute atomic E-state index is 11.7. The summed E-state index contributed by atoms with van der Waals surface area (Å²) in [7, 11) is 0. The quantitative estimate of drug-likeness (QED) is 0.775. The van der Waals surface area contributed by atoms with Gasteiger partial charge in [-0.25, -0.2) is 14.8 Å². The summed E-state index contributed by atoms with van der Waals surface area (Å²) >= 11 is 0.